The molecule has 0 amide bonds. The first-order chi connectivity index (χ1) is 14.2. The van der Waals surface area contributed by atoms with E-state index in [4.69, 9.17) is 14.6 Å². The second kappa shape index (κ2) is 7.61. The molecule has 0 bridgehead atoms. The smallest absolute Gasteiger partial charge is 0.399 e. The van der Waals surface area contributed by atoms with Crippen LogP contribution in [0.5, 0.6) is 0 Å². The predicted molar refractivity (Wildman–Crippen MR) is 118 cm³/mol. The van der Waals surface area contributed by atoms with Crippen LogP contribution in [0.1, 0.15) is 33.3 Å². The van der Waals surface area contributed by atoms with Gasteiger partial charge in [-0.05, 0) is 69.6 Å². The highest BCUT2D eigenvalue weighted by atomic mass is 19.1. The summed E-state index contributed by atoms with van der Waals surface area (Å²) in [6.45, 7) is 9.73. The van der Waals surface area contributed by atoms with Crippen molar-refractivity contribution in [3.8, 4) is 6.07 Å². The number of piperazine rings is 1. The molecule has 2 saturated heterocycles. The third-order valence-corrected chi connectivity index (χ3v) is 6.43. The van der Waals surface area contributed by atoms with Gasteiger partial charge in [0.25, 0.3) is 0 Å². The van der Waals surface area contributed by atoms with Gasteiger partial charge in [-0.3, -0.25) is 0 Å². The van der Waals surface area contributed by atoms with Crippen molar-refractivity contribution in [2.45, 2.75) is 45.2 Å². The zero-order chi connectivity index (χ0) is 21.5. The molecule has 2 aliphatic rings. The maximum absolute atomic E-state index is 14.9. The Morgan fingerprint density at radius 1 is 0.933 bits per heavy atom. The summed E-state index contributed by atoms with van der Waals surface area (Å²) in [5.41, 5.74) is 2.58. The van der Waals surface area contributed by atoms with Crippen molar-refractivity contribution in [3.63, 3.8) is 0 Å². The SMILES string of the molecule is CC1(C)OB(c2ccc(N3CCN(c4ccc(C#N)cc4)C(F)C3)cc2)OC1(C)C. The summed E-state index contributed by atoms with van der Waals surface area (Å²) in [7, 11) is -0.397. The Balaban J connectivity index is 1.42. The van der Waals surface area contributed by atoms with E-state index < -0.39 is 13.4 Å². The summed E-state index contributed by atoms with van der Waals surface area (Å²) in [5.74, 6) is 0. The second-order valence-electron chi connectivity index (χ2n) is 8.91. The Bertz CT molecular complexity index is 924. The van der Waals surface area contributed by atoms with E-state index in [2.05, 4.69) is 11.0 Å². The second-order valence-corrected chi connectivity index (χ2v) is 8.91. The first-order valence-corrected chi connectivity index (χ1v) is 10.3. The molecule has 4 rings (SSSR count). The lowest BCUT2D eigenvalue weighted by atomic mass is 9.79. The monoisotopic (exact) mass is 407 g/mol. The lowest BCUT2D eigenvalue weighted by Crippen LogP contribution is -2.51. The van der Waals surface area contributed by atoms with Crippen molar-refractivity contribution >= 4 is 24.0 Å². The fourth-order valence-corrected chi connectivity index (χ4v) is 3.81. The molecule has 2 aliphatic heterocycles. The Hall–Kier alpha value is -2.56. The summed E-state index contributed by atoms with van der Waals surface area (Å²) in [6, 6.07) is 17.2. The minimum atomic E-state index is -1.12. The quantitative estimate of drug-likeness (QED) is 0.576. The minimum absolute atomic E-state index is 0.288. The molecule has 7 heteroatoms. The van der Waals surface area contributed by atoms with Gasteiger partial charge >= 0.3 is 7.12 Å². The van der Waals surface area contributed by atoms with Crippen LogP contribution in [0.15, 0.2) is 48.5 Å². The molecule has 30 heavy (non-hydrogen) atoms. The molecule has 2 aromatic rings. The van der Waals surface area contributed by atoms with Gasteiger partial charge in [0.05, 0.1) is 29.4 Å². The standard InChI is InChI=1S/C23H27BFN3O2/c1-22(2)23(3,4)30-24(29-22)18-7-11-19(12-8-18)27-13-14-28(21(25)16-27)20-9-5-17(15-26)6-10-20/h5-12,21H,13-14,16H2,1-4H3. The Kier molecular flexibility index (Phi) is 5.25. The Morgan fingerprint density at radius 3 is 2.03 bits per heavy atom. The van der Waals surface area contributed by atoms with Gasteiger partial charge in [0.1, 0.15) is 0 Å². The maximum Gasteiger partial charge on any atom is 0.494 e. The van der Waals surface area contributed by atoms with Gasteiger partial charge in [-0.1, -0.05) is 12.1 Å². The molecule has 156 valence electrons. The van der Waals surface area contributed by atoms with Gasteiger partial charge in [0.2, 0.25) is 0 Å². The first kappa shape index (κ1) is 20.7. The van der Waals surface area contributed by atoms with Crippen LogP contribution in [0.2, 0.25) is 0 Å². The van der Waals surface area contributed by atoms with Gasteiger partial charge in [-0.2, -0.15) is 5.26 Å². The zero-order valence-corrected chi connectivity index (χ0v) is 17.9. The third-order valence-electron chi connectivity index (χ3n) is 6.43. The molecule has 1 unspecified atom stereocenters. The first-order valence-electron chi connectivity index (χ1n) is 10.3. The van der Waals surface area contributed by atoms with Crippen LogP contribution in [0, 0.1) is 11.3 Å². The third kappa shape index (κ3) is 3.78. The fraction of sp³-hybridized carbons (Fsp3) is 0.435. The molecule has 2 aromatic carbocycles. The van der Waals surface area contributed by atoms with E-state index in [1.54, 1.807) is 29.2 Å². The largest absolute Gasteiger partial charge is 0.494 e. The van der Waals surface area contributed by atoms with Crippen molar-refractivity contribution in [2.75, 3.05) is 29.4 Å². The number of benzene rings is 2. The molecule has 1 atom stereocenters. The van der Waals surface area contributed by atoms with Crippen LogP contribution >= 0.6 is 0 Å². The van der Waals surface area contributed by atoms with E-state index in [-0.39, 0.29) is 17.7 Å². The van der Waals surface area contributed by atoms with Gasteiger partial charge < -0.3 is 19.1 Å². The molecule has 0 N–H and O–H groups in total. The number of nitrogens with zero attached hydrogens (tertiary/aromatic N) is 3. The van der Waals surface area contributed by atoms with Crippen LogP contribution < -0.4 is 15.3 Å². The van der Waals surface area contributed by atoms with Crippen molar-refractivity contribution in [2.24, 2.45) is 0 Å². The van der Waals surface area contributed by atoms with E-state index in [9.17, 15) is 4.39 Å². The summed E-state index contributed by atoms with van der Waals surface area (Å²) in [5, 5.41) is 8.93. The molecule has 2 fully saturated rings. The summed E-state index contributed by atoms with van der Waals surface area (Å²) in [4.78, 5) is 3.80. The van der Waals surface area contributed by atoms with E-state index in [1.165, 1.54) is 0 Å². The van der Waals surface area contributed by atoms with Crippen LogP contribution in [-0.2, 0) is 9.31 Å². The molecule has 0 aromatic heterocycles. The number of alkyl halides is 1. The predicted octanol–water partition coefficient (Wildman–Crippen LogP) is 3.48. The Labute approximate surface area is 178 Å². The van der Waals surface area contributed by atoms with E-state index in [0.717, 1.165) is 23.4 Å². The summed E-state index contributed by atoms with van der Waals surface area (Å²) in [6.07, 6.45) is -1.12. The molecule has 5 nitrogen and oxygen atoms in total. The van der Waals surface area contributed by atoms with Crippen molar-refractivity contribution < 1.29 is 13.7 Å². The van der Waals surface area contributed by atoms with Crippen molar-refractivity contribution in [3.05, 3.63) is 54.1 Å². The number of hydrogen-bond donors (Lipinski definition) is 0. The average Bonchev–Trinajstić information content (AvgIpc) is 2.95. The highest BCUT2D eigenvalue weighted by Crippen LogP contribution is 2.36. The number of hydrogen-bond acceptors (Lipinski definition) is 5. The highest BCUT2D eigenvalue weighted by Gasteiger charge is 2.51. The van der Waals surface area contributed by atoms with E-state index in [0.29, 0.717) is 12.1 Å². The van der Waals surface area contributed by atoms with Crippen molar-refractivity contribution in [1.82, 2.24) is 0 Å². The van der Waals surface area contributed by atoms with E-state index in [1.807, 2.05) is 52.0 Å². The maximum atomic E-state index is 14.9. The molecule has 0 radical (unpaired) electrons. The average molecular weight is 407 g/mol. The molecular weight excluding hydrogens is 380 g/mol. The normalized spacial score (nSPS) is 22.8. The number of halogens is 1. The summed E-state index contributed by atoms with van der Waals surface area (Å²) < 4.78 is 27.1. The van der Waals surface area contributed by atoms with Gasteiger partial charge in [-0.15, -0.1) is 0 Å². The van der Waals surface area contributed by atoms with Crippen LogP contribution in [0.25, 0.3) is 0 Å². The van der Waals surface area contributed by atoms with E-state index >= 15 is 0 Å². The molecule has 2 heterocycles. The number of anilines is 2. The topological polar surface area (TPSA) is 48.7 Å². The lowest BCUT2D eigenvalue weighted by molar-refractivity contribution is 0.00578. The van der Waals surface area contributed by atoms with Crippen LogP contribution in [-0.4, -0.2) is 44.3 Å². The van der Waals surface area contributed by atoms with Crippen LogP contribution in [0.4, 0.5) is 15.8 Å². The molecular formula is C23H27BFN3O2. The van der Waals surface area contributed by atoms with Crippen LogP contribution in [0.3, 0.4) is 0 Å². The van der Waals surface area contributed by atoms with Gasteiger partial charge in [-0.25, -0.2) is 4.39 Å². The number of rotatable bonds is 3. The van der Waals surface area contributed by atoms with Gasteiger partial charge in [0, 0.05) is 24.5 Å². The lowest BCUT2D eigenvalue weighted by Gasteiger charge is -2.40. The van der Waals surface area contributed by atoms with Crippen molar-refractivity contribution in [1.29, 1.82) is 5.26 Å². The fourth-order valence-electron chi connectivity index (χ4n) is 3.81. The molecule has 0 aliphatic carbocycles. The van der Waals surface area contributed by atoms with Gasteiger partial charge in [0.15, 0.2) is 6.30 Å². The molecule has 0 spiro atoms. The molecule has 0 saturated carbocycles. The summed E-state index contributed by atoms with van der Waals surface area (Å²) >= 11 is 0. The Morgan fingerprint density at radius 2 is 1.50 bits per heavy atom. The number of nitriles is 1. The minimum Gasteiger partial charge on any atom is -0.399 e. The highest BCUT2D eigenvalue weighted by molar-refractivity contribution is 6.62. The zero-order valence-electron chi connectivity index (χ0n) is 17.9.